The maximum atomic E-state index is 13.3. The summed E-state index contributed by atoms with van der Waals surface area (Å²) in [5.74, 6) is -1.92. The predicted molar refractivity (Wildman–Crippen MR) is 85.1 cm³/mol. The Bertz CT molecular complexity index is 785. The first-order valence-corrected chi connectivity index (χ1v) is 8.10. The van der Waals surface area contributed by atoms with E-state index >= 15 is 0 Å². The molecular formula is C17H17F5N4. The van der Waals surface area contributed by atoms with Gasteiger partial charge in [0.05, 0.1) is 0 Å². The standard InChI is InChI=1S/C17H17F5N4/c18-13-2-1-10(7-14(13)19)9-26-5-3-11(4-6-26)12-8-15(17(20,21)22)24-25-16(12)23/h1-2,7-8,11H,3-6,9H2,(H2,23,25). The molecule has 0 spiro atoms. The van der Waals surface area contributed by atoms with Gasteiger partial charge in [-0.2, -0.15) is 13.2 Å². The van der Waals surface area contributed by atoms with E-state index in [0.717, 1.165) is 18.2 Å². The van der Waals surface area contributed by atoms with Crippen molar-refractivity contribution >= 4 is 5.82 Å². The van der Waals surface area contributed by atoms with Crippen molar-refractivity contribution in [2.24, 2.45) is 0 Å². The molecule has 0 amide bonds. The summed E-state index contributed by atoms with van der Waals surface area (Å²) >= 11 is 0. The van der Waals surface area contributed by atoms with E-state index in [2.05, 4.69) is 10.2 Å². The van der Waals surface area contributed by atoms with Crippen molar-refractivity contribution in [3.8, 4) is 0 Å². The number of aromatic nitrogens is 2. The number of nitrogens with two attached hydrogens (primary N) is 1. The SMILES string of the molecule is Nc1nnc(C(F)(F)F)cc1C1CCN(Cc2ccc(F)c(F)c2)CC1. The average Bonchev–Trinajstić information content (AvgIpc) is 2.58. The van der Waals surface area contributed by atoms with E-state index in [-0.39, 0.29) is 11.7 Å². The zero-order valence-electron chi connectivity index (χ0n) is 13.7. The Morgan fingerprint density at radius 1 is 1.04 bits per heavy atom. The number of nitrogen functional groups attached to an aromatic ring is 1. The molecule has 140 valence electrons. The van der Waals surface area contributed by atoms with Crippen LogP contribution in [0, 0.1) is 11.6 Å². The monoisotopic (exact) mass is 372 g/mol. The minimum absolute atomic E-state index is 0.0112. The smallest absolute Gasteiger partial charge is 0.382 e. The zero-order valence-corrected chi connectivity index (χ0v) is 13.7. The Morgan fingerprint density at radius 2 is 1.73 bits per heavy atom. The maximum absolute atomic E-state index is 13.3. The summed E-state index contributed by atoms with van der Waals surface area (Å²) in [6.45, 7) is 1.65. The van der Waals surface area contributed by atoms with Crippen molar-refractivity contribution in [3.63, 3.8) is 0 Å². The minimum atomic E-state index is -4.57. The van der Waals surface area contributed by atoms with Crippen molar-refractivity contribution in [3.05, 3.63) is 52.7 Å². The van der Waals surface area contributed by atoms with Crippen LogP contribution in [0.4, 0.5) is 27.8 Å². The molecule has 0 bridgehead atoms. The molecule has 1 aromatic carbocycles. The molecule has 2 heterocycles. The molecule has 4 nitrogen and oxygen atoms in total. The largest absolute Gasteiger partial charge is 0.435 e. The van der Waals surface area contributed by atoms with Gasteiger partial charge in [-0.15, -0.1) is 10.2 Å². The summed E-state index contributed by atoms with van der Waals surface area (Å²) in [7, 11) is 0. The van der Waals surface area contributed by atoms with E-state index in [4.69, 9.17) is 5.73 Å². The fraction of sp³-hybridized carbons (Fsp3) is 0.412. The number of piperidine rings is 1. The van der Waals surface area contributed by atoms with Crippen molar-refractivity contribution in [1.82, 2.24) is 15.1 Å². The van der Waals surface area contributed by atoms with E-state index < -0.39 is 23.5 Å². The fourth-order valence-corrected chi connectivity index (χ4v) is 3.18. The first-order chi connectivity index (χ1) is 12.2. The molecule has 26 heavy (non-hydrogen) atoms. The van der Waals surface area contributed by atoms with Gasteiger partial charge in [-0.3, -0.25) is 4.90 Å². The molecule has 1 aromatic heterocycles. The highest BCUT2D eigenvalue weighted by atomic mass is 19.4. The van der Waals surface area contributed by atoms with Crippen LogP contribution < -0.4 is 5.73 Å². The topological polar surface area (TPSA) is 55.0 Å². The lowest BCUT2D eigenvalue weighted by Crippen LogP contribution is -2.33. The summed E-state index contributed by atoms with van der Waals surface area (Å²) in [5, 5.41) is 6.56. The molecule has 1 aliphatic rings. The van der Waals surface area contributed by atoms with Crippen LogP contribution in [0.2, 0.25) is 0 Å². The van der Waals surface area contributed by atoms with Crippen LogP contribution in [-0.4, -0.2) is 28.2 Å². The molecule has 9 heteroatoms. The summed E-state index contributed by atoms with van der Waals surface area (Å²) in [6.07, 6.45) is -3.38. The van der Waals surface area contributed by atoms with Crippen molar-refractivity contribution in [2.45, 2.75) is 31.5 Å². The van der Waals surface area contributed by atoms with Gasteiger partial charge in [0.2, 0.25) is 0 Å². The van der Waals surface area contributed by atoms with E-state index in [1.165, 1.54) is 6.07 Å². The number of anilines is 1. The Hall–Kier alpha value is -2.29. The third-order valence-electron chi connectivity index (χ3n) is 4.56. The quantitative estimate of drug-likeness (QED) is 0.834. The third-order valence-corrected chi connectivity index (χ3v) is 4.56. The van der Waals surface area contributed by atoms with Gasteiger partial charge in [0, 0.05) is 12.1 Å². The Kier molecular flexibility index (Phi) is 5.08. The number of nitrogens with zero attached hydrogens (tertiary/aromatic N) is 3. The van der Waals surface area contributed by atoms with Gasteiger partial charge < -0.3 is 5.73 Å². The minimum Gasteiger partial charge on any atom is -0.382 e. The number of hydrogen-bond donors (Lipinski definition) is 1. The lowest BCUT2D eigenvalue weighted by atomic mass is 9.89. The highest BCUT2D eigenvalue weighted by Gasteiger charge is 2.35. The third kappa shape index (κ3) is 4.09. The molecule has 2 aromatic rings. The molecule has 2 N–H and O–H groups in total. The second-order valence-corrected chi connectivity index (χ2v) is 6.37. The summed E-state index contributed by atoms with van der Waals surface area (Å²) in [6, 6.07) is 4.73. The van der Waals surface area contributed by atoms with Crippen molar-refractivity contribution < 1.29 is 22.0 Å². The molecule has 0 radical (unpaired) electrons. The Morgan fingerprint density at radius 3 is 2.35 bits per heavy atom. The second kappa shape index (κ2) is 7.14. The first-order valence-electron chi connectivity index (χ1n) is 8.10. The highest BCUT2D eigenvalue weighted by Crippen LogP contribution is 2.35. The highest BCUT2D eigenvalue weighted by molar-refractivity contribution is 5.42. The average molecular weight is 372 g/mol. The molecule has 1 fully saturated rings. The van der Waals surface area contributed by atoms with Crippen LogP contribution in [0.25, 0.3) is 0 Å². The van der Waals surface area contributed by atoms with Gasteiger partial charge in [-0.25, -0.2) is 8.78 Å². The summed E-state index contributed by atoms with van der Waals surface area (Å²) in [4.78, 5) is 2.04. The Labute approximate surface area is 146 Å². The van der Waals surface area contributed by atoms with Gasteiger partial charge in [0.15, 0.2) is 17.3 Å². The first kappa shape index (κ1) is 18.5. The van der Waals surface area contributed by atoms with Gasteiger partial charge in [0.25, 0.3) is 0 Å². The lowest BCUT2D eigenvalue weighted by molar-refractivity contribution is -0.141. The number of benzene rings is 1. The van der Waals surface area contributed by atoms with Crippen LogP contribution in [0.15, 0.2) is 24.3 Å². The lowest BCUT2D eigenvalue weighted by Gasteiger charge is -2.32. The van der Waals surface area contributed by atoms with Crippen LogP contribution >= 0.6 is 0 Å². The van der Waals surface area contributed by atoms with Gasteiger partial charge in [-0.05, 0) is 55.6 Å². The molecular weight excluding hydrogens is 355 g/mol. The number of halogens is 5. The van der Waals surface area contributed by atoms with E-state index in [1.807, 2.05) is 4.90 Å². The molecule has 0 unspecified atom stereocenters. The Balaban J connectivity index is 1.66. The molecule has 1 aliphatic heterocycles. The van der Waals surface area contributed by atoms with Crippen LogP contribution in [-0.2, 0) is 12.7 Å². The number of alkyl halides is 3. The van der Waals surface area contributed by atoms with E-state index in [0.29, 0.717) is 43.6 Å². The summed E-state index contributed by atoms with van der Waals surface area (Å²) < 4.78 is 64.7. The number of likely N-dealkylation sites (tertiary alicyclic amines) is 1. The van der Waals surface area contributed by atoms with Crippen LogP contribution in [0.5, 0.6) is 0 Å². The summed E-state index contributed by atoms with van der Waals surface area (Å²) in [5.41, 5.74) is 5.68. The van der Waals surface area contributed by atoms with Gasteiger partial charge in [0.1, 0.15) is 5.82 Å². The molecule has 1 saturated heterocycles. The maximum Gasteiger partial charge on any atom is 0.435 e. The molecule has 0 atom stereocenters. The zero-order chi connectivity index (χ0) is 18.9. The van der Waals surface area contributed by atoms with Crippen LogP contribution in [0.1, 0.15) is 35.6 Å². The number of rotatable bonds is 3. The van der Waals surface area contributed by atoms with Gasteiger partial charge in [-0.1, -0.05) is 6.07 Å². The van der Waals surface area contributed by atoms with Crippen molar-refractivity contribution in [1.29, 1.82) is 0 Å². The molecule has 3 rings (SSSR count). The fourth-order valence-electron chi connectivity index (χ4n) is 3.18. The van der Waals surface area contributed by atoms with E-state index in [9.17, 15) is 22.0 Å². The molecule has 0 saturated carbocycles. The van der Waals surface area contributed by atoms with Gasteiger partial charge >= 0.3 is 6.18 Å². The van der Waals surface area contributed by atoms with Crippen LogP contribution in [0.3, 0.4) is 0 Å². The van der Waals surface area contributed by atoms with Crippen molar-refractivity contribution in [2.75, 3.05) is 18.8 Å². The van der Waals surface area contributed by atoms with E-state index in [1.54, 1.807) is 0 Å². The number of hydrogen-bond acceptors (Lipinski definition) is 4. The molecule has 0 aliphatic carbocycles. The normalized spacial score (nSPS) is 16.8. The predicted octanol–water partition coefficient (Wildman–Crippen LogP) is 3.74. The second-order valence-electron chi connectivity index (χ2n) is 6.37.